The maximum Gasteiger partial charge on any atom is 0.416 e. The van der Waals surface area contributed by atoms with E-state index in [4.69, 9.17) is 15.2 Å². The number of hydrogen-bond donors (Lipinski definition) is 1. The topological polar surface area (TPSA) is 142 Å². The van der Waals surface area contributed by atoms with Gasteiger partial charge >= 0.3 is 12.1 Å². The number of amides is 1. The average molecular weight is 639 g/mol. The van der Waals surface area contributed by atoms with Crippen LogP contribution in [0, 0.1) is 0 Å². The van der Waals surface area contributed by atoms with E-state index >= 15 is 0 Å². The quantitative estimate of drug-likeness (QED) is 0.240. The summed E-state index contributed by atoms with van der Waals surface area (Å²) < 4.78 is 39.6. The van der Waals surface area contributed by atoms with Crippen molar-refractivity contribution in [3.63, 3.8) is 0 Å². The molecule has 0 spiro atoms. The third-order valence-electron chi connectivity index (χ3n) is 7.09. The zero-order chi connectivity index (χ0) is 33.6. The molecule has 2 aromatic heterocycles. The molecule has 1 aromatic carbocycles. The molecule has 0 aliphatic heterocycles. The van der Waals surface area contributed by atoms with Gasteiger partial charge in [0.25, 0.3) is 0 Å². The van der Waals surface area contributed by atoms with Gasteiger partial charge in [0.1, 0.15) is 23.6 Å². The number of carbonyl (C=O) groups excluding carboxylic acids is 2. The number of pyridine rings is 2. The zero-order valence-corrected chi connectivity index (χ0v) is 28.3. The molecule has 0 aliphatic rings. The smallest absolute Gasteiger partial charge is 0.416 e. The van der Waals surface area contributed by atoms with Crippen molar-refractivity contribution in [3.8, 4) is 0 Å². The Morgan fingerprint density at radius 3 is 2.04 bits per heavy atom. The maximum atomic E-state index is 14.3. The fourth-order valence-corrected chi connectivity index (χ4v) is 6.50. The Labute approximate surface area is 267 Å². The van der Waals surface area contributed by atoms with Gasteiger partial charge in [-0.15, -0.1) is 0 Å². The zero-order valence-electron chi connectivity index (χ0n) is 27.5. The van der Waals surface area contributed by atoms with E-state index in [-0.39, 0.29) is 22.8 Å². The molecule has 45 heavy (non-hydrogen) atoms. The highest BCUT2D eigenvalue weighted by Gasteiger charge is 2.45. The number of esters is 1. The number of nitrogens with two attached hydrogens (primary N) is 1. The normalized spacial score (nSPS) is 13.6. The van der Waals surface area contributed by atoms with Gasteiger partial charge < -0.3 is 15.2 Å². The van der Waals surface area contributed by atoms with Crippen LogP contribution in [0.2, 0.25) is 0 Å². The number of ether oxygens (including phenoxy) is 2. The van der Waals surface area contributed by atoms with Crippen molar-refractivity contribution in [2.45, 2.75) is 102 Å². The van der Waals surface area contributed by atoms with Gasteiger partial charge in [-0.05, 0) is 95.7 Å². The Morgan fingerprint density at radius 2 is 1.51 bits per heavy atom. The summed E-state index contributed by atoms with van der Waals surface area (Å²) in [4.78, 5) is 33.7. The maximum absolute atomic E-state index is 14.3. The van der Waals surface area contributed by atoms with Gasteiger partial charge in [0, 0.05) is 18.8 Å². The molecule has 1 atom stereocenters. The Hall–Kier alpha value is -3.83. The molecule has 11 heteroatoms. The number of rotatable bonds is 11. The lowest BCUT2D eigenvalue weighted by Crippen LogP contribution is -2.48. The minimum absolute atomic E-state index is 0.0205. The molecule has 10 nitrogen and oxygen atoms in total. The lowest BCUT2D eigenvalue weighted by atomic mass is 9.92. The number of sulfone groups is 1. The van der Waals surface area contributed by atoms with Gasteiger partial charge in [0.2, 0.25) is 9.84 Å². The predicted molar refractivity (Wildman–Crippen MR) is 174 cm³/mol. The molecule has 244 valence electrons. The van der Waals surface area contributed by atoms with E-state index in [0.29, 0.717) is 11.5 Å². The molecule has 0 bridgehead atoms. The fourth-order valence-electron chi connectivity index (χ4n) is 4.88. The third kappa shape index (κ3) is 9.11. The first kappa shape index (κ1) is 35.6. The summed E-state index contributed by atoms with van der Waals surface area (Å²) in [5, 5.41) is 0. The van der Waals surface area contributed by atoms with Crippen LogP contribution in [0.25, 0.3) is 0 Å². The highest BCUT2D eigenvalue weighted by atomic mass is 32.2. The van der Waals surface area contributed by atoms with Gasteiger partial charge in [-0.2, -0.15) is 0 Å². The molecular weight excluding hydrogens is 592 g/mol. The first-order chi connectivity index (χ1) is 20.9. The monoisotopic (exact) mass is 638 g/mol. The Bertz CT molecular complexity index is 1560. The molecule has 2 N–H and O–H groups in total. The van der Waals surface area contributed by atoms with Gasteiger partial charge in [-0.3, -0.25) is 14.7 Å². The summed E-state index contributed by atoms with van der Waals surface area (Å²) in [6.45, 7) is 14.0. The minimum Gasteiger partial charge on any atom is -0.459 e. The Kier molecular flexibility index (Phi) is 11.2. The van der Waals surface area contributed by atoms with E-state index in [2.05, 4.69) is 23.8 Å². The highest BCUT2D eigenvalue weighted by molar-refractivity contribution is 7.92. The first-order valence-corrected chi connectivity index (χ1v) is 16.6. The van der Waals surface area contributed by atoms with Crippen LogP contribution >= 0.6 is 0 Å². The molecule has 3 aromatic rings. The van der Waals surface area contributed by atoms with Gasteiger partial charge in [0.05, 0.1) is 10.6 Å². The summed E-state index contributed by atoms with van der Waals surface area (Å²) >= 11 is 0. The number of anilines is 1. The van der Waals surface area contributed by atoms with Crippen LogP contribution in [-0.4, -0.2) is 48.2 Å². The molecule has 3 rings (SSSR count). The fraction of sp³-hybridized carbons (Fsp3) is 0.471. The molecule has 2 heterocycles. The number of carbonyl (C=O) groups is 2. The van der Waals surface area contributed by atoms with Crippen molar-refractivity contribution in [3.05, 3.63) is 83.8 Å². The van der Waals surface area contributed by atoms with E-state index in [9.17, 15) is 18.0 Å². The molecule has 0 saturated heterocycles. The highest BCUT2D eigenvalue weighted by Crippen LogP contribution is 2.35. The van der Waals surface area contributed by atoms with Crippen LogP contribution in [0.4, 0.5) is 10.6 Å². The van der Waals surface area contributed by atoms with Gasteiger partial charge in [0.15, 0.2) is 4.87 Å². The second-order valence-electron chi connectivity index (χ2n) is 13.0. The lowest BCUT2D eigenvalue weighted by Gasteiger charge is -2.31. The van der Waals surface area contributed by atoms with E-state index in [0.717, 1.165) is 23.3 Å². The van der Waals surface area contributed by atoms with E-state index in [1.54, 1.807) is 47.6 Å². The number of hydrogen-bond acceptors (Lipinski definition) is 9. The van der Waals surface area contributed by atoms with Crippen LogP contribution < -0.4 is 10.6 Å². The summed E-state index contributed by atoms with van der Waals surface area (Å²) in [5.41, 5.74) is 7.07. The van der Waals surface area contributed by atoms with Gasteiger partial charge in [-0.1, -0.05) is 44.2 Å². The molecule has 0 saturated carbocycles. The molecule has 0 fully saturated rings. The Balaban J connectivity index is 2.16. The minimum atomic E-state index is -4.30. The van der Waals surface area contributed by atoms with Crippen molar-refractivity contribution >= 4 is 27.7 Å². The molecule has 0 radical (unpaired) electrons. The van der Waals surface area contributed by atoms with Crippen molar-refractivity contribution in [1.29, 1.82) is 0 Å². The lowest BCUT2D eigenvalue weighted by molar-refractivity contribution is -0.153. The van der Waals surface area contributed by atoms with Crippen LogP contribution in [0.15, 0.2) is 71.9 Å². The van der Waals surface area contributed by atoms with Crippen LogP contribution in [0.5, 0.6) is 0 Å². The average Bonchev–Trinajstić information content (AvgIpc) is 2.96. The second-order valence-corrected chi connectivity index (χ2v) is 15.3. The van der Waals surface area contributed by atoms with Gasteiger partial charge in [-0.25, -0.2) is 18.2 Å². The van der Waals surface area contributed by atoms with E-state index in [1.165, 1.54) is 36.7 Å². The van der Waals surface area contributed by atoms with Crippen molar-refractivity contribution in [1.82, 2.24) is 9.97 Å². The van der Waals surface area contributed by atoms with Crippen LogP contribution in [0.1, 0.15) is 91.0 Å². The molecule has 0 aliphatic carbocycles. The third-order valence-corrected chi connectivity index (χ3v) is 9.27. The van der Waals surface area contributed by atoms with Crippen LogP contribution in [0.3, 0.4) is 0 Å². The van der Waals surface area contributed by atoms with Crippen molar-refractivity contribution in [2.75, 3.05) is 11.4 Å². The summed E-state index contributed by atoms with van der Waals surface area (Å²) in [7, 11) is -4.30. The predicted octanol–water partition coefficient (Wildman–Crippen LogP) is 6.29. The van der Waals surface area contributed by atoms with Crippen LogP contribution in [-0.2, 0) is 35.4 Å². The van der Waals surface area contributed by atoms with E-state index < -0.39 is 44.5 Å². The Morgan fingerprint density at radius 1 is 0.889 bits per heavy atom. The molecule has 1 unspecified atom stereocenters. The van der Waals surface area contributed by atoms with E-state index in [1.807, 2.05) is 24.3 Å². The largest absolute Gasteiger partial charge is 0.459 e. The first-order valence-electron chi connectivity index (χ1n) is 15.1. The van der Waals surface area contributed by atoms with Crippen molar-refractivity contribution < 1.29 is 27.5 Å². The molecule has 1 amide bonds. The number of nitrogens with zero attached hydrogens (tertiary/aromatic N) is 3. The molecular formula is C34H46N4O6S. The second kappa shape index (κ2) is 14.1. The summed E-state index contributed by atoms with van der Waals surface area (Å²) in [6, 6.07) is 15.2. The number of aromatic nitrogens is 2. The summed E-state index contributed by atoms with van der Waals surface area (Å²) in [5.74, 6) is -0.323. The van der Waals surface area contributed by atoms with Crippen molar-refractivity contribution in [2.24, 2.45) is 5.73 Å². The summed E-state index contributed by atoms with van der Waals surface area (Å²) in [6.07, 6.45) is 3.71. The number of benzene rings is 1. The standard InChI is InChI=1S/C34H46N4O6S/c1-9-25(10-2)26-18-16-24(17-19-26)21-34(35,45(41,42)27-13-12-20-36-22-27)28-14-11-15-29(37-28)38(31(40)44-33(6,7)8)23-30(39)43-32(3,4)5/h11-20,22,25H,9-10,21,23,35H2,1-8H3. The SMILES string of the molecule is CCC(CC)c1ccc(CC(N)(c2cccc(N(CC(=O)OC(C)(C)C)C(=O)OC(C)(C)C)n2)S(=O)(=O)c2cccnc2)cc1.